The minimum Gasteiger partial charge on any atom is -0.376 e. The second-order valence-corrected chi connectivity index (χ2v) is 9.03. The number of halogens is 1. The van der Waals surface area contributed by atoms with Crippen molar-refractivity contribution in [2.45, 2.75) is 30.3 Å². The average Bonchev–Trinajstić information content (AvgIpc) is 3.24. The Morgan fingerprint density at radius 2 is 2.00 bits per heavy atom. The van der Waals surface area contributed by atoms with Gasteiger partial charge in [0, 0.05) is 25.1 Å². The van der Waals surface area contributed by atoms with E-state index in [1.54, 1.807) is 0 Å². The summed E-state index contributed by atoms with van der Waals surface area (Å²) in [6, 6.07) is 14.6. The summed E-state index contributed by atoms with van der Waals surface area (Å²) in [5, 5.41) is 3.97. The van der Waals surface area contributed by atoms with Crippen molar-refractivity contribution in [1.29, 1.82) is 0 Å². The minimum absolute atomic E-state index is 0.0385. The molecule has 3 aromatic rings. The average molecular weight is 431 g/mol. The van der Waals surface area contributed by atoms with E-state index in [9.17, 15) is 12.8 Å². The van der Waals surface area contributed by atoms with Crippen LogP contribution in [0.5, 0.6) is 0 Å². The molecule has 0 saturated carbocycles. The fraction of sp³-hybridized carbons (Fsp3) is 0.333. The molecule has 0 N–H and O–H groups in total. The van der Waals surface area contributed by atoms with Crippen LogP contribution in [0.1, 0.15) is 18.7 Å². The highest BCUT2D eigenvalue weighted by atomic mass is 32.2. The van der Waals surface area contributed by atoms with Gasteiger partial charge in [-0.2, -0.15) is 9.29 Å². The number of hydrogen-bond donors (Lipinski definition) is 0. The zero-order valence-corrected chi connectivity index (χ0v) is 17.1. The molecule has 2 aromatic carbocycles. The van der Waals surface area contributed by atoms with E-state index in [4.69, 9.17) is 9.26 Å². The van der Waals surface area contributed by atoms with Gasteiger partial charge in [-0.1, -0.05) is 29.4 Å². The summed E-state index contributed by atoms with van der Waals surface area (Å²) in [5.74, 6) is 0.417. The number of nitrogens with zero attached hydrogens (tertiary/aromatic N) is 3. The third-order valence-corrected chi connectivity index (χ3v) is 6.80. The van der Waals surface area contributed by atoms with E-state index in [-0.39, 0.29) is 17.5 Å². The number of rotatable bonds is 7. The molecule has 1 fully saturated rings. The second kappa shape index (κ2) is 9.03. The number of piperidine rings is 1. The van der Waals surface area contributed by atoms with Gasteiger partial charge in [-0.25, -0.2) is 12.8 Å². The van der Waals surface area contributed by atoms with E-state index in [0.29, 0.717) is 37.7 Å². The molecule has 1 unspecified atom stereocenters. The van der Waals surface area contributed by atoms with Gasteiger partial charge in [-0.15, -0.1) is 0 Å². The van der Waals surface area contributed by atoms with Gasteiger partial charge in [-0.05, 0) is 43.2 Å². The topological polar surface area (TPSA) is 85.5 Å². The zero-order valence-electron chi connectivity index (χ0n) is 16.3. The Hall–Kier alpha value is -2.62. The third kappa shape index (κ3) is 4.75. The van der Waals surface area contributed by atoms with E-state index >= 15 is 0 Å². The van der Waals surface area contributed by atoms with Crippen LogP contribution in [0.2, 0.25) is 0 Å². The number of ether oxygens (including phenoxy) is 1. The van der Waals surface area contributed by atoms with Crippen LogP contribution in [0, 0.1) is 5.82 Å². The van der Waals surface area contributed by atoms with Gasteiger partial charge in [0.15, 0.2) is 5.82 Å². The van der Waals surface area contributed by atoms with E-state index in [2.05, 4.69) is 10.1 Å². The summed E-state index contributed by atoms with van der Waals surface area (Å²) < 4.78 is 51.6. The maximum absolute atomic E-state index is 13.5. The molecule has 1 aromatic heterocycles. The van der Waals surface area contributed by atoms with Crippen LogP contribution < -0.4 is 0 Å². The molecule has 2 heterocycles. The van der Waals surface area contributed by atoms with Crippen molar-refractivity contribution in [3.05, 3.63) is 66.2 Å². The maximum Gasteiger partial charge on any atom is 0.257 e. The van der Waals surface area contributed by atoms with Crippen LogP contribution >= 0.6 is 0 Å². The lowest BCUT2D eigenvalue weighted by molar-refractivity contribution is 0.0199. The molecule has 30 heavy (non-hydrogen) atoms. The molecule has 7 nitrogen and oxygen atoms in total. The molecule has 0 bridgehead atoms. The molecule has 1 aliphatic heterocycles. The Morgan fingerprint density at radius 3 is 2.80 bits per heavy atom. The fourth-order valence-corrected chi connectivity index (χ4v) is 4.95. The Morgan fingerprint density at radius 1 is 1.17 bits per heavy atom. The Labute approximate surface area is 174 Å². The number of benzene rings is 2. The van der Waals surface area contributed by atoms with E-state index in [0.717, 1.165) is 18.1 Å². The van der Waals surface area contributed by atoms with Gasteiger partial charge < -0.3 is 9.26 Å². The van der Waals surface area contributed by atoms with Crippen molar-refractivity contribution in [2.24, 2.45) is 0 Å². The van der Waals surface area contributed by atoms with Crippen LogP contribution in [0.25, 0.3) is 11.5 Å². The monoisotopic (exact) mass is 431 g/mol. The lowest BCUT2D eigenvalue weighted by atomic mass is 10.1. The van der Waals surface area contributed by atoms with Crippen LogP contribution in [-0.2, 0) is 21.2 Å². The molecule has 1 atom stereocenters. The summed E-state index contributed by atoms with van der Waals surface area (Å²) in [5.41, 5.74) is 0.850. The molecule has 4 rings (SSSR count). The first kappa shape index (κ1) is 20.6. The molecule has 0 radical (unpaired) electrons. The lowest BCUT2D eigenvalue weighted by Crippen LogP contribution is -2.43. The van der Waals surface area contributed by atoms with E-state index in [1.165, 1.54) is 22.5 Å². The standard InChI is InChI=1S/C21H22FN3O4S/c22-17-8-4-10-19(14-17)30(26,27)25-12-5-9-18(15-25)28-13-11-20-23-21(29-24-20)16-6-2-1-3-7-16/h1-4,6-8,10,14,18H,5,9,11-13,15H2. The van der Waals surface area contributed by atoms with Crippen LogP contribution in [0.4, 0.5) is 4.39 Å². The molecule has 1 aliphatic rings. The Balaban J connectivity index is 1.32. The number of sulfonamides is 1. The van der Waals surface area contributed by atoms with Crippen molar-refractivity contribution in [2.75, 3.05) is 19.7 Å². The van der Waals surface area contributed by atoms with Gasteiger partial charge in [-0.3, -0.25) is 0 Å². The van der Waals surface area contributed by atoms with Crippen LogP contribution in [0.3, 0.4) is 0 Å². The van der Waals surface area contributed by atoms with Crippen molar-refractivity contribution in [3.8, 4) is 11.5 Å². The predicted molar refractivity (Wildman–Crippen MR) is 108 cm³/mol. The third-order valence-electron chi connectivity index (χ3n) is 4.94. The minimum atomic E-state index is -3.75. The Bertz CT molecular complexity index is 1090. The molecule has 0 spiro atoms. The quantitative estimate of drug-likeness (QED) is 0.571. The highest BCUT2D eigenvalue weighted by molar-refractivity contribution is 7.89. The van der Waals surface area contributed by atoms with E-state index in [1.807, 2.05) is 30.3 Å². The molecule has 1 saturated heterocycles. The molecule has 0 aliphatic carbocycles. The summed E-state index contributed by atoms with van der Waals surface area (Å²) in [6.45, 7) is 0.983. The largest absolute Gasteiger partial charge is 0.376 e. The van der Waals surface area contributed by atoms with Crippen molar-refractivity contribution >= 4 is 10.0 Å². The molecular weight excluding hydrogens is 409 g/mol. The summed E-state index contributed by atoms with van der Waals surface area (Å²) >= 11 is 0. The molecule has 0 amide bonds. The SMILES string of the molecule is O=S(=O)(c1cccc(F)c1)N1CCCC(OCCc2noc(-c3ccccc3)n2)C1. The maximum atomic E-state index is 13.5. The van der Waals surface area contributed by atoms with Crippen LogP contribution in [0.15, 0.2) is 64.0 Å². The van der Waals surface area contributed by atoms with Crippen molar-refractivity contribution in [1.82, 2.24) is 14.4 Å². The molecular formula is C21H22FN3O4S. The number of hydrogen-bond acceptors (Lipinski definition) is 6. The van der Waals surface area contributed by atoms with Gasteiger partial charge in [0.25, 0.3) is 5.89 Å². The normalized spacial score (nSPS) is 17.8. The predicted octanol–water partition coefficient (Wildman–Crippen LogP) is 3.29. The summed E-state index contributed by atoms with van der Waals surface area (Å²) in [7, 11) is -3.75. The molecule has 9 heteroatoms. The highest BCUT2D eigenvalue weighted by Gasteiger charge is 2.30. The lowest BCUT2D eigenvalue weighted by Gasteiger charge is -2.31. The first-order valence-electron chi connectivity index (χ1n) is 9.78. The smallest absolute Gasteiger partial charge is 0.257 e. The van der Waals surface area contributed by atoms with Gasteiger partial charge in [0.05, 0.1) is 17.6 Å². The summed E-state index contributed by atoms with van der Waals surface area (Å²) in [4.78, 5) is 4.33. The molecule has 158 valence electrons. The van der Waals surface area contributed by atoms with Gasteiger partial charge in [0.2, 0.25) is 10.0 Å². The first-order valence-corrected chi connectivity index (χ1v) is 11.2. The van der Waals surface area contributed by atoms with Gasteiger partial charge in [0.1, 0.15) is 5.82 Å². The zero-order chi connectivity index (χ0) is 21.0. The second-order valence-electron chi connectivity index (χ2n) is 7.09. The van der Waals surface area contributed by atoms with Crippen molar-refractivity contribution in [3.63, 3.8) is 0 Å². The fourth-order valence-electron chi connectivity index (χ4n) is 3.41. The van der Waals surface area contributed by atoms with Crippen molar-refractivity contribution < 1.29 is 22.1 Å². The first-order chi connectivity index (χ1) is 14.5. The Kier molecular flexibility index (Phi) is 6.21. The summed E-state index contributed by atoms with van der Waals surface area (Å²) in [6.07, 6.45) is 1.67. The van der Waals surface area contributed by atoms with Crippen LogP contribution in [-0.4, -0.2) is 48.7 Å². The van der Waals surface area contributed by atoms with E-state index < -0.39 is 15.8 Å². The number of aromatic nitrogens is 2. The highest BCUT2D eigenvalue weighted by Crippen LogP contribution is 2.23. The van der Waals surface area contributed by atoms with Gasteiger partial charge >= 0.3 is 0 Å².